The average molecular weight is 286 g/mol. The van der Waals surface area contributed by atoms with Crippen LogP contribution in [0.2, 0.25) is 0 Å². The predicted molar refractivity (Wildman–Crippen MR) is 76.2 cm³/mol. The molecular weight excluding hydrogens is 264 g/mol. The Bertz CT molecular complexity index is 465. The van der Waals surface area contributed by atoms with E-state index in [0.29, 0.717) is 12.8 Å². The van der Waals surface area contributed by atoms with Gasteiger partial charge in [-0.3, -0.25) is 0 Å². The van der Waals surface area contributed by atoms with Gasteiger partial charge in [-0.15, -0.1) is 0 Å². The van der Waals surface area contributed by atoms with E-state index in [1.807, 2.05) is 24.3 Å². The van der Waals surface area contributed by atoms with Gasteiger partial charge in [-0.25, -0.2) is 8.42 Å². The molecule has 0 fully saturated rings. The topological polar surface area (TPSA) is 63.6 Å². The van der Waals surface area contributed by atoms with Crippen molar-refractivity contribution in [1.29, 1.82) is 0 Å². The molecule has 0 spiro atoms. The number of aliphatic hydroxyl groups excluding tert-OH is 1. The first-order valence-corrected chi connectivity index (χ1v) is 8.27. The molecule has 1 unspecified atom stereocenters. The molecule has 0 aromatic heterocycles. The Morgan fingerprint density at radius 1 is 1.26 bits per heavy atom. The maximum absolute atomic E-state index is 11.5. The minimum Gasteiger partial charge on any atom is -0.497 e. The third kappa shape index (κ3) is 5.61. The predicted octanol–water partition coefficient (Wildman–Crippen LogP) is 1.67. The van der Waals surface area contributed by atoms with E-state index in [2.05, 4.69) is 0 Å². The summed E-state index contributed by atoms with van der Waals surface area (Å²) in [5.41, 5.74) is 1.08. The Morgan fingerprint density at radius 2 is 1.89 bits per heavy atom. The third-order valence-electron chi connectivity index (χ3n) is 3.22. The van der Waals surface area contributed by atoms with Gasteiger partial charge >= 0.3 is 0 Å². The molecule has 0 aliphatic rings. The summed E-state index contributed by atoms with van der Waals surface area (Å²) in [6.07, 6.45) is 1.18. The van der Waals surface area contributed by atoms with Crippen LogP contribution in [0.5, 0.6) is 5.75 Å². The summed E-state index contributed by atoms with van der Waals surface area (Å²) >= 11 is 0. The van der Waals surface area contributed by atoms with Gasteiger partial charge in [-0.2, -0.15) is 0 Å². The van der Waals surface area contributed by atoms with Gasteiger partial charge in [-0.1, -0.05) is 19.1 Å². The van der Waals surface area contributed by atoms with Gasteiger partial charge in [-0.05, 0) is 36.5 Å². The number of hydrogen-bond donors (Lipinski definition) is 1. The SMILES string of the molecule is CCS(=O)(=O)CCC(CO)Cc1ccc(OC)cc1. The molecule has 0 aliphatic carbocycles. The molecular formula is C14H22O4S. The Hall–Kier alpha value is -1.07. The highest BCUT2D eigenvalue weighted by Crippen LogP contribution is 2.17. The van der Waals surface area contributed by atoms with E-state index in [0.717, 1.165) is 11.3 Å². The summed E-state index contributed by atoms with van der Waals surface area (Å²) in [6, 6.07) is 7.62. The second kappa shape index (κ2) is 7.50. The quantitative estimate of drug-likeness (QED) is 0.789. The fraction of sp³-hybridized carbons (Fsp3) is 0.571. The van der Waals surface area contributed by atoms with Crippen LogP contribution >= 0.6 is 0 Å². The van der Waals surface area contributed by atoms with Crippen LogP contribution in [0.15, 0.2) is 24.3 Å². The number of aliphatic hydroxyl groups is 1. The number of rotatable bonds is 8. The molecule has 0 aliphatic heterocycles. The lowest BCUT2D eigenvalue weighted by Crippen LogP contribution is -2.17. The van der Waals surface area contributed by atoms with Crippen molar-refractivity contribution in [3.8, 4) is 5.75 Å². The van der Waals surface area contributed by atoms with Crippen LogP contribution in [0, 0.1) is 5.92 Å². The van der Waals surface area contributed by atoms with Crippen molar-refractivity contribution in [2.45, 2.75) is 19.8 Å². The van der Waals surface area contributed by atoms with E-state index in [-0.39, 0.29) is 24.0 Å². The normalized spacial score (nSPS) is 13.2. The fourth-order valence-corrected chi connectivity index (χ4v) is 2.82. The minimum absolute atomic E-state index is 0.00522. The molecule has 1 aromatic rings. The maximum Gasteiger partial charge on any atom is 0.150 e. The molecule has 1 atom stereocenters. The lowest BCUT2D eigenvalue weighted by molar-refractivity contribution is 0.222. The van der Waals surface area contributed by atoms with Crippen molar-refractivity contribution in [3.05, 3.63) is 29.8 Å². The molecule has 19 heavy (non-hydrogen) atoms. The largest absolute Gasteiger partial charge is 0.497 e. The number of sulfone groups is 1. The van der Waals surface area contributed by atoms with Crippen molar-refractivity contribution < 1.29 is 18.3 Å². The first-order chi connectivity index (χ1) is 9.00. The Morgan fingerprint density at radius 3 is 2.37 bits per heavy atom. The minimum atomic E-state index is -2.96. The first-order valence-electron chi connectivity index (χ1n) is 6.45. The molecule has 0 saturated carbocycles. The summed E-state index contributed by atoms with van der Waals surface area (Å²) in [5, 5.41) is 9.34. The van der Waals surface area contributed by atoms with E-state index in [4.69, 9.17) is 4.74 Å². The number of benzene rings is 1. The molecule has 0 saturated heterocycles. The summed E-state index contributed by atoms with van der Waals surface area (Å²) in [4.78, 5) is 0. The lowest BCUT2D eigenvalue weighted by Gasteiger charge is -2.14. The van der Waals surface area contributed by atoms with E-state index in [1.54, 1.807) is 14.0 Å². The molecule has 1 N–H and O–H groups in total. The van der Waals surface area contributed by atoms with Crippen LogP contribution in [-0.2, 0) is 16.3 Å². The van der Waals surface area contributed by atoms with Gasteiger partial charge in [0.1, 0.15) is 15.6 Å². The van der Waals surface area contributed by atoms with Crippen LogP contribution < -0.4 is 4.74 Å². The van der Waals surface area contributed by atoms with Crippen LogP contribution in [0.25, 0.3) is 0 Å². The fourth-order valence-electron chi connectivity index (χ4n) is 1.84. The average Bonchev–Trinajstić information content (AvgIpc) is 2.44. The highest BCUT2D eigenvalue weighted by atomic mass is 32.2. The van der Waals surface area contributed by atoms with Gasteiger partial charge in [0.05, 0.1) is 12.9 Å². The number of hydrogen-bond acceptors (Lipinski definition) is 4. The maximum atomic E-state index is 11.5. The molecule has 0 bridgehead atoms. The second-order valence-electron chi connectivity index (χ2n) is 4.63. The highest BCUT2D eigenvalue weighted by molar-refractivity contribution is 7.91. The summed E-state index contributed by atoms with van der Waals surface area (Å²) < 4.78 is 28.0. The van der Waals surface area contributed by atoms with E-state index in [1.165, 1.54) is 0 Å². The molecule has 0 amide bonds. The molecule has 1 aromatic carbocycles. The zero-order valence-corrected chi connectivity index (χ0v) is 12.3. The Kier molecular flexibility index (Phi) is 6.31. The van der Waals surface area contributed by atoms with Gasteiger partial charge in [0, 0.05) is 12.4 Å². The number of methoxy groups -OCH3 is 1. The van der Waals surface area contributed by atoms with Crippen molar-refractivity contribution >= 4 is 9.84 Å². The zero-order valence-electron chi connectivity index (χ0n) is 11.5. The second-order valence-corrected chi connectivity index (χ2v) is 7.10. The van der Waals surface area contributed by atoms with Crippen molar-refractivity contribution in [1.82, 2.24) is 0 Å². The first kappa shape index (κ1) is 16.0. The number of ether oxygens (including phenoxy) is 1. The standard InChI is InChI=1S/C14H22O4S/c1-3-19(16,17)9-8-13(11-15)10-12-4-6-14(18-2)7-5-12/h4-7,13,15H,3,8-11H2,1-2H3. The van der Waals surface area contributed by atoms with Gasteiger partial charge in [0.2, 0.25) is 0 Å². The monoisotopic (exact) mass is 286 g/mol. The van der Waals surface area contributed by atoms with Gasteiger partial charge in [0.25, 0.3) is 0 Å². The molecule has 4 nitrogen and oxygen atoms in total. The van der Waals surface area contributed by atoms with Crippen LogP contribution in [0.4, 0.5) is 0 Å². The van der Waals surface area contributed by atoms with Gasteiger partial charge in [0.15, 0.2) is 0 Å². The molecule has 5 heteroatoms. The van der Waals surface area contributed by atoms with Crippen molar-refractivity contribution in [3.63, 3.8) is 0 Å². The van der Waals surface area contributed by atoms with Crippen LogP contribution in [-0.4, -0.2) is 38.7 Å². The lowest BCUT2D eigenvalue weighted by atomic mass is 9.98. The van der Waals surface area contributed by atoms with E-state index in [9.17, 15) is 13.5 Å². The van der Waals surface area contributed by atoms with Crippen LogP contribution in [0.1, 0.15) is 18.9 Å². The van der Waals surface area contributed by atoms with Crippen LogP contribution in [0.3, 0.4) is 0 Å². The summed E-state index contributed by atoms with van der Waals surface area (Å²) in [5.74, 6) is 1.08. The third-order valence-corrected chi connectivity index (χ3v) is 4.96. The van der Waals surface area contributed by atoms with E-state index < -0.39 is 9.84 Å². The highest BCUT2D eigenvalue weighted by Gasteiger charge is 2.14. The summed E-state index contributed by atoms with van der Waals surface area (Å²) in [7, 11) is -1.35. The molecule has 0 radical (unpaired) electrons. The van der Waals surface area contributed by atoms with E-state index >= 15 is 0 Å². The van der Waals surface area contributed by atoms with Gasteiger partial charge < -0.3 is 9.84 Å². The molecule has 1 rings (SSSR count). The molecule has 108 valence electrons. The van der Waals surface area contributed by atoms with Crippen molar-refractivity contribution in [2.75, 3.05) is 25.2 Å². The zero-order chi connectivity index (χ0) is 14.3. The van der Waals surface area contributed by atoms with Crippen molar-refractivity contribution in [2.24, 2.45) is 5.92 Å². The summed E-state index contributed by atoms with van der Waals surface area (Å²) in [6.45, 7) is 1.65. The smallest absolute Gasteiger partial charge is 0.150 e. The Balaban J connectivity index is 2.56. The Labute approximate surface area is 115 Å². The molecule has 0 heterocycles.